The number of amides is 1. The van der Waals surface area contributed by atoms with Crippen LogP contribution in [0.4, 0.5) is 13.6 Å². The van der Waals surface area contributed by atoms with Crippen LogP contribution in [0.15, 0.2) is 0 Å². The van der Waals surface area contributed by atoms with Crippen molar-refractivity contribution in [3.63, 3.8) is 0 Å². The number of likely N-dealkylation sites (tertiary alicyclic amines) is 1. The van der Waals surface area contributed by atoms with Crippen molar-refractivity contribution in [2.24, 2.45) is 11.8 Å². The molecule has 1 heterocycles. The Labute approximate surface area is 80.7 Å². The van der Waals surface area contributed by atoms with E-state index in [1.165, 1.54) is 0 Å². The fourth-order valence-electron chi connectivity index (χ4n) is 2.58. The monoisotopic (exact) mass is 205 g/mol. The minimum Gasteiger partial charge on any atom is -0.465 e. The van der Waals surface area contributed by atoms with Crippen LogP contribution < -0.4 is 0 Å². The number of alkyl halides is 2. The molecule has 1 saturated carbocycles. The number of fused-ring (bicyclic) bond motifs is 1. The van der Waals surface area contributed by atoms with E-state index in [1.54, 1.807) is 0 Å². The summed E-state index contributed by atoms with van der Waals surface area (Å²) in [5.74, 6) is -3.53. The van der Waals surface area contributed by atoms with Gasteiger partial charge < -0.3 is 10.0 Å². The first kappa shape index (κ1) is 9.68. The van der Waals surface area contributed by atoms with Crippen molar-refractivity contribution in [3.05, 3.63) is 0 Å². The van der Waals surface area contributed by atoms with E-state index < -0.39 is 17.9 Å². The predicted molar refractivity (Wildman–Crippen MR) is 45.4 cm³/mol. The zero-order valence-corrected chi connectivity index (χ0v) is 7.75. The van der Waals surface area contributed by atoms with Crippen LogP contribution in [0, 0.1) is 11.8 Å². The molecule has 0 aromatic heterocycles. The van der Waals surface area contributed by atoms with E-state index in [0.717, 1.165) is 11.3 Å². The maximum absolute atomic E-state index is 13.4. The molecular weight excluding hydrogens is 192 g/mol. The molecular formula is C9H13F2NO2. The number of carboxylic acid groups (broad SMARTS) is 1. The van der Waals surface area contributed by atoms with Crippen LogP contribution in [0.5, 0.6) is 0 Å². The molecule has 2 fully saturated rings. The molecule has 1 N–H and O–H groups in total. The van der Waals surface area contributed by atoms with Gasteiger partial charge in [0.1, 0.15) is 0 Å². The smallest absolute Gasteiger partial charge is 0.407 e. The summed E-state index contributed by atoms with van der Waals surface area (Å²) in [4.78, 5) is 11.8. The first-order valence-electron chi connectivity index (χ1n) is 4.86. The summed E-state index contributed by atoms with van der Waals surface area (Å²) in [6.45, 7) is 0.294. The van der Waals surface area contributed by atoms with Crippen LogP contribution in [-0.2, 0) is 0 Å². The lowest BCUT2D eigenvalue weighted by molar-refractivity contribution is -0.0942. The standard InChI is InChI=1S/C9H13F2NO2/c10-9(11)3-1-2-6-4-12(8(13)14)5-7(6)9/h6-7H,1-5H2,(H,13,14). The van der Waals surface area contributed by atoms with Crippen LogP contribution in [0.2, 0.25) is 0 Å². The third-order valence-corrected chi connectivity index (χ3v) is 3.34. The lowest BCUT2D eigenvalue weighted by atomic mass is 9.79. The molecule has 0 aromatic rings. The van der Waals surface area contributed by atoms with Crippen molar-refractivity contribution in [2.75, 3.05) is 13.1 Å². The molecule has 2 aliphatic rings. The van der Waals surface area contributed by atoms with Crippen LogP contribution >= 0.6 is 0 Å². The van der Waals surface area contributed by atoms with Crippen LogP contribution in [0.1, 0.15) is 19.3 Å². The molecule has 0 aromatic carbocycles. The largest absolute Gasteiger partial charge is 0.465 e. The van der Waals surface area contributed by atoms with Gasteiger partial charge >= 0.3 is 6.09 Å². The van der Waals surface area contributed by atoms with E-state index in [0.29, 0.717) is 6.42 Å². The van der Waals surface area contributed by atoms with E-state index >= 15 is 0 Å². The number of nitrogens with zero attached hydrogens (tertiary/aromatic N) is 1. The van der Waals surface area contributed by atoms with Gasteiger partial charge in [0.05, 0.1) is 0 Å². The van der Waals surface area contributed by atoms with Crippen LogP contribution in [0.3, 0.4) is 0 Å². The number of hydrogen-bond acceptors (Lipinski definition) is 1. The van der Waals surface area contributed by atoms with E-state index in [2.05, 4.69) is 0 Å². The highest BCUT2D eigenvalue weighted by Crippen LogP contribution is 2.45. The van der Waals surface area contributed by atoms with Crippen molar-refractivity contribution in [2.45, 2.75) is 25.2 Å². The Hall–Kier alpha value is -0.870. The summed E-state index contributed by atoms with van der Waals surface area (Å²) < 4.78 is 26.8. The summed E-state index contributed by atoms with van der Waals surface area (Å²) >= 11 is 0. The normalized spacial score (nSPS) is 35.4. The Balaban J connectivity index is 2.12. The molecule has 1 aliphatic heterocycles. The summed E-state index contributed by atoms with van der Waals surface area (Å²) in [5.41, 5.74) is 0. The molecule has 0 radical (unpaired) electrons. The van der Waals surface area contributed by atoms with Gasteiger partial charge in [-0.25, -0.2) is 13.6 Å². The highest BCUT2D eigenvalue weighted by Gasteiger charge is 2.51. The maximum Gasteiger partial charge on any atom is 0.407 e. The SMILES string of the molecule is O=C(O)N1CC2CCCC(F)(F)C2C1. The number of carbonyl (C=O) groups is 1. The molecule has 1 saturated heterocycles. The minimum atomic E-state index is -2.66. The van der Waals surface area contributed by atoms with Crippen molar-refractivity contribution < 1.29 is 18.7 Å². The molecule has 2 atom stereocenters. The molecule has 2 rings (SSSR count). The Morgan fingerprint density at radius 2 is 2.14 bits per heavy atom. The molecule has 0 bridgehead atoms. The molecule has 0 spiro atoms. The average molecular weight is 205 g/mol. The topological polar surface area (TPSA) is 40.5 Å². The third kappa shape index (κ3) is 1.44. The van der Waals surface area contributed by atoms with Gasteiger partial charge in [-0.3, -0.25) is 0 Å². The number of halogens is 2. The number of rotatable bonds is 0. The predicted octanol–water partition coefficient (Wildman–Crippen LogP) is 2.03. The molecule has 3 nitrogen and oxygen atoms in total. The van der Waals surface area contributed by atoms with Crippen molar-refractivity contribution >= 4 is 6.09 Å². The maximum atomic E-state index is 13.4. The summed E-state index contributed by atoms with van der Waals surface area (Å²) in [7, 11) is 0. The van der Waals surface area contributed by atoms with Crippen molar-refractivity contribution in [1.82, 2.24) is 4.90 Å². The summed E-state index contributed by atoms with van der Waals surface area (Å²) in [5, 5.41) is 8.71. The quantitative estimate of drug-likeness (QED) is 0.657. The Bertz CT molecular complexity index is 257. The Kier molecular flexibility index (Phi) is 2.12. The van der Waals surface area contributed by atoms with Crippen LogP contribution in [-0.4, -0.2) is 35.1 Å². The van der Waals surface area contributed by atoms with Gasteiger partial charge in [-0.1, -0.05) is 0 Å². The van der Waals surface area contributed by atoms with Gasteiger partial charge in [0.15, 0.2) is 0 Å². The summed E-state index contributed by atoms with van der Waals surface area (Å²) in [6.07, 6.45) is 0.100. The first-order chi connectivity index (χ1) is 6.50. The Morgan fingerprint density at radius 1 is 1.43 bits per heavy atom. The van der Waals surface area contributed by atoms with Gasteiger partial charge in [-0.2, -0.15) is 0 Å². The summed E-state index contributed by atoms with van der Waals surface area (Å²) in [6, 6.07) is 0. The van der Waals surface area contributed by atoms with Crippen molar-refractivity contribution in [1.29, 1.82) is 0 Å². The zero-order valence-electron chi connectivity index (χ0n) is 7.75. The van der Waals surface area contributed by atoms with Gasteiger partial charge in [-0.15, -0.1) is 0 Å². The second kappa shape index (κ2) is 3.07. The van der Waals surface area contributed by atoms with E-state index in [-0.39, 0.29) is 25.4 Å². The molecule has 14 heavy (non-hydrogen) atoms. The van der Waals surface area contributed by atoms with Crippen LogP contribution in [0.25, 0.3) is 0 Å². The van der Waals surface area contributed by atoms with E-state index in [1.807, 2.05) is 0 Å². The minimum absolute atomic E-state index is 0.00694. The highest BCUT2D eigenvalue weighted by atomic mass is 19.3. The third-order valence-electron chi connectivity index (χ3n) is 3.34. The molecule has 80 valence electrons. The highest BCUT2D eigenvalue weighted by molar-refractivity contribution is 5.65. The second-order valence-electron chi connectivity index (χ2n) is 4.21. The average Bonchev–Trinajstić information content (AvgIpc) is 2.48. The van der Waals surface area contributed by atoms with E-state index in [4.69, 9.17) is 5.11 Å². The van der Waals surface area contributed by atoms with Gasteiger partial charge in [0, 0.05) is 25.4 Å². The zero-order chi connectivity index (χ0) is 10.3. The Morgan fingerprint density at radius 3 is 2.71 bits per heavy atom. The van der Waals surface area contributed by atoms with Crippen molar-refractivity contribution in [3.8, 4) is 0 Å². The molecule has 1 aliphatic carbocycles. The van der Waals surface area contributed by atoms with Gasteiger partial charge in [0.25, 0.3) is 5.92 Å². The van der Waals surface area contributed by atoms with Gasteiger partial charge in [-0.05, 0) is 18.8 Å². The first-order valence-corrected chi connectivity index (χ1v) is 4.86. The lowest BCUT2D eigenvalue weighted by Gasteiger charge is -2.32. The molecule has 5 heteroatoms. The van der Waals surface area contributed by atoms with Gasteiger partial charge in [0.2, 0.25) is 0 Å². The van der Waals surface area contributed by atoms with E-state index in [9.17, 15) is 13.6 Å². The fourth-order valence-corrected chi connectivity index (χ4v) is 2.58. The molecule has 1 amide bonds. The number of hydrogen-bond donors (Lipinski definition) is 1. The molecule has 2 unspecified atom stereocenters. The fraction of sp³-hybridized carbons (Fsp3) is 0.889. The lowest BCUT2D eigenvalue weighted by Crippen LogP contribution is -2.37. The second-order valence-corrected chi connectivity index (χ2v) is 4.21.